The number of nitrogens with zero attached hydrogens (tertiary/aromatic N) is 2. The molecule has 1 fully saturated rings. The van der Waals surface area contributed by atoms with E-state index in [2.05, 4.69) is 21.1 Å². The monoisotopic (exact) mass is 490 g/mol. The maximum absolute atomic E-state index is 14.1. The molecule has 3 aromatic rings. The molecule has 31 heavy (non-hydrogen) atoms. The van der Waals surface area contributed by atoms with Crippen molar-refractivity contribution in [2.45, 2.75) is 18.8 Å². The molecule has 1 spiro atoms. The van der Waals surface area contributed by atoms with E-state index in [4.69, 9.17) is 4.99 Å². The van der Waals surface area contributed by atoms with E-state index < -0.39 is 5.41 Å². The zero-order valence-corrected chi connectivity index (χ0v) is 18.9. The number of aliphatic imine (C=N–C) groups is 1. The molecule has 1 aliphatic carbocycles. The van der Waals surface area contributed by atoms with Crippen molar-refractivity contribution in [1.29, 1.82) is 0 Å². The number of rotatable bonds is 2. The quantitative estimate of drug-likeness (QED) is 0.324. The topological polar surface area (TPSA) is 62.0 Å². The zero-order chi connectivity index (χ0) is 21.4. The van der Waals surface area contributed by atoms with E-state index >= 15 is 0 Å². The molecule has 0 aromatic heterocycles. The first-order valence-electron chi connectivity index (χ1n) is 10.1. The summed E-state index contributed by atoms with van der Waals surface area (Å²) in [4.78, 5) is 19.0. The highest BCUT2D eigenvalue weighted by molar-refractivity contribution is 9.10. The number of oxime groups is 1. The van der Waals surface area contributed by atoms with E-state index in [0.717, 1.165) is 33.3 Å². The Balaban J connectivity index is 1.74. The summed E-state index contributed by atoms with van der Waals surface area (Å²) < 4.78 is 0.965. The van der Waals surface area contributed by atoms with Gasteiger partial charge in [0.25, 0.3) is 0 Å². The molecule has 0 radical (unpaired) electrons. The third-order valence-electron chi connectivity index (χ3n) is 6.07. The van der Waals surface area contributed by atoms with Crippen molar-refractivity contribution in [3.05, 3.63) is 100 Å². The van der Waals surface area contributed by atoms with E-state index in [1.807, 2.05) is 78.9 Å². The summed E-state index contributed by atoms with van der Waals surface area (Å²) >= 11 is 4.77. The smallest absolute Gasteiger partial charge is 0.176 e. The van der Waals surface area contributed by atoms with Gasteiger partial charge in [0.2, 0.25) is 0 Å². The van der Waals surface area contributed by atoms with Crippen molar-refractivity contribution in [2.75, 3.05) is 0 Å². The lowest BCUT2D eigenvalue weighted by Crippen LogP contribution is -2.44. The van der Waals surface area contributed by atoms with Gasteiger partial charge in [-0.05, 0) is 48.2 Å². The molecule has 0 amide bonds. The van der Waals surface area contributed by atoms with Gasteiger partial charge in [-0.1, -0.05) is 87.4 Å². The molecule has 1 aliphatic heterocycles. The molecule has 6 heteroatoms. The van der Waals surface area contributed by atoms with E-state index in [-0.39, 0.29) is 11.7 Å². The summed E-state index contributed by atoms with van der Waals surface area (Å²) in [5, 5.41) is 14.7. The molecule has 0 unspecified atom stereocenters. The van der Waals surface area contributed by atoms with Gasteiger partial charge in [-0.15, -0.1) is 0 Å². The van der Waals surface area contributed by atoms with E-state index in [9.17, 15) is 10.0 Å². The van der Waals surface area contributed by atoms with E-state index in [0.29, 0.717) is 16.5 Å². The third-order valence-corrected chi connectivity index (χ3v) is 7.77. The summed E-state index contributed by atoms with van der Waals surface area (Å²) in [6.07, 6.45) is 1.38. The minimum Gasteiger partial charge on any atom is -0.410 e. The molecule has 4 nitrogen and oxygen atoms in total. The largest absolute Gasteiger partial charge is 0.410 e. The van der Waals surface area contributed by atoms with Crippen molar-refractivity contribution in [3.8, 4) is 0 Å². The van der Waals surface area contributed by atoms with Crippen LogP contribution >= 0.6 is 27.7 Å². The number of hydrogen-bond acceptors (Lipinski definition) is 5. The zero-order valence-electron chi connectivity index (χ0n) is 16.5. The second kappa shape index (κ2) is 8.09. The van der Waals surface area contributed by atoms with Crippen LogP contribution in [0, 0.1) is 5.41 Å². The standard InChI is InChI=1S/C25H19BrN2O2S/c26-18-10-12-19(13-11-18)27-24-25(15-14-16-6-4-5-9-20(16)22(25)29)21(23(28-30)31-24)17-7-2-1-3-8-17/h1-13,21,30H,14-15H2/b27-24?,28-23-/t21-,25+/m0/s1. The average Bonchev–Trinajstić information content (AvgIpc) is 3.12. The van der Waals surface area contributed by atoms with Crippen molar-refractivity contribution >= 4 is 49.2 Å². The summed E-state index contributed by atoms with van der Waals surface area (Å²) in [5.74, 6) is -0.330. The molecule has 0 bridgehead atoms. The predicted molar refractivity (Wildman–Crippen MR) is 129 cm³/mol. The molecule has 2 atom stereocenters. The van der Waals surface area contributed by atoms with Crippen LogP contribution in [0.4, 0.5) is 5.69 Å². The Morgan fingerprint density at radius 3 is 2.42 bits per heavy atom. The maximum Gasteiger partial charge on any atom is 0.176 e. The van der Waals surface area contributed by atoms with Gasteiger partial charge >= 0.3 is 0 Å². The fourth-order valence-corrected chi connectivity index (χ4v) is 6.22. The number of ketones is 1. The Morgan fingerprint density at radius 2 is 1.68 bits per heavy atom. The lowest BCUT2D eigenvalue weighted by Gasteiger charge is -2.37. The van der Waals surface area contributed by atoms with Crippen LogP contribution in [0.3, 0.4) is 0 Å². The van der Waals surface area contributed by atoms with Crippen LogP contribution in [0.1, 0.15) is 33.8 Å². The predicted octanol–water partition coefficient (Wildman–Crippen LogP) is 6.61. The number of carbonyl (C=O) groups excluding carboxylic acids is 1. The second-order valence-corrected chi connectivity index (χ2v) is 9.66. The number of Topliss-reactive ketones (excluding diaryl/α,β-unsaturated/α-hetero) is 1. The van der Waals surface area contributed by atoms with Gasteiger partial charge in [-0.3, -0.25) is 4.79 Å². The highest BCUT2D eigenvalue weighted by atomic mass is 79.9. The molecule has 3 aromatic carbocycles. The SMILES string of the molecule is O=C1c2ccccc2CC[C@]12C(=Nc1ccc(Br)cc1)S/C(=N\O)[C@@H]2c1ccccc1. The fourth-order valence-electron chi connectivity index (χ4n) is 4.61. The number of halogens is 1. The fraction of sp³-hybridized carbons (Fsp3) is 0.160. The number of fused-ring (bicyclic) bond motifs is 1. The van der Waals surface area contributed by atoms with Gasteiger partial charge in [-0.2, -0.15) is 0 Å². The van der Waals surface area contributed by atoms with Crippen LogP contribution in [-0.4, -0.2) is 21.1 Å². The first-order chi connectivity index (χ1) is 15.1. The van der Waals surface area contributed by atoms with Gasteiger partial charge in [0, 0.05) is 10.0 Å². The number of thioether (sulfide) groups is 1. The molecule has 2 aliphatic rings. The molecule has 1 saturated heterocycles. The second-order valence-electron chi connectivity index (χ2n) is 7.73. The first kappa shape index (κ1) is 20.2. The summed E-state index contributed by atoms with van der Waals surface area (Å²) in [6, 6.07) is 25.3. The van der Waals surface area contributed by atoms with Crippen LogP contribution in [0.15, 0.2) is 93.5 Å². The van der Waals surface area contributed by atoms with Gasteiger partial charge in [0.15, 0.2) is 5.78 Å². The molecule has 5 rings (SSSR count). The van der Waals surface area contributed by atoms with Crippen molar-refractivity contribution in [2.24, 2.45) is 15.6 Å². The van der Waals surface area contributed by atoms with Gasteiger partial charge in [0.1, 0.15) is 5.04 Å². The molecule has 0 saturated carbocycles. The van der Waals surface area contributed by atoms with Gasteiger partial charge < -0.3 is 5.21 Å². The Labute approximate surface area is 193 Å². The van der Waals surface area contributed by atoms with Crippen LogP contribution in [0.5, 0.6) is 0 Å². The van der Waals surface area contributed by atoms with Crippen LogP contribution in [0.2, 0.25) is 0 Å². The number of aryl methyl sites for hydroxylation is 1. The Bertz CT molecular complexity index is 1210. The maximum atomic E-state index is 14.1. The number of carbonyl (C=O) groups is 1. The molecule has 1 heterocycles. The summed E-state index contributed by atoms with van der Waals surface area (Å²) in [6.45, 7) is 0. The highest BCUT2D eigenvalue weighted by Crippen LogP contribution is 2.57. The molecular weight excluding hydrogens is 472 g/mol. The molecule has 1 N–H and O–H groups in total. The molecule has 154 valence electrons. The normalized spacial score (nSPS) is 25.3. The van der Waals surface area contributed by atoms with Crippen molar-refractivity contribution in [3.63, 3.8) is 0 Å². The summed E-state index contributed by atoms with van der Waals surface area (Å²) in [5.41, 5.74) is 2.62. The van der Waals surface area contributed by atoms with Crippen molar-refractivity contribution < 1.29 is 10.0 Å². The lowest BCUT2D eigenvalue weighted by molar-refractivity contribution is 0.0843. The van der Waals surface area contributed by atoms with E-state index in [1.54, 1.807) is 0 Å². The lowest BCUT2D eigenvalue weighted by atomic mass is 9.62. The first-order valence-corrected chi connectivity index (χ1v) is 11.7. The average molecular weight is 491 g/mol. The summed E-state index contributed by atoms with van der Waals surface area (Å²) in [7, 11) is 0. The van der Waals surface area contributed by atoms with E-state index in [1.165, 1.54) is 11.8 Å². The third kappa shape index (κ3) is 3.34. The Morgan fingerprint density at radius 1 is 0.968 bits per heavy atom. The van der Waals surface area contributed by atoms with Gasteiger partial charge in [-0.25, -0.2) is 4.99 Å². The number of hydrogen-bond donors (Lipinski definition) is 1. The minimum absolute atomic E-state index is 0.0465. The highest BCUT2D eigenvalue weighted by Gasteiger charge is 2.59. The van der Waals surface area contributed by atoms with Crippen LogP contribution in [0.25, 0.3) is 0 Å². The Hall–Kier alpha value is -2.70. The molecular formula is C25H19BrN2O2S. The van der Waals surface area contributed by atoms with Gasteiger partial charge in [0.05, 0.1) is 22.1 Å². The minimum atomic E-state index is -0.894. The Kier molecular flexibility index (Phi) is 5.28. The van der Waals surface area contributed by atoms with Crippen LogP contribution in [-0.2, 0) is 6.42 Å². The van der Waals surface area contributed by atoms with Crippen molar-refractivity contribution in [1.82, 2.24) is 0 Å². The number of benzene rings is 3. The van der Waals surface area contributed by atoms with Crippen LogP contribution < -0.4 is 0 Å².